The van der Waals surface area contributed by atoms with Gasteiger partial charge in [-0.1, -0.05) is 41.9 Å². The molecule has 7 heteroatoms. The van der Waals surface area contributed by atoms with Crippen LogP contribution >= 0.6 is 11.6 Å². The summed E-state index contributed by atoms with van der Waals surface area (Å²) in [5, 5.41) is 10.8. The van der Waals surface area contributed by atoms with Crippen molar-refractivity contribution in [1.82, 2.24) is 4.90 Å². The van der Waals surface area contributed by atoms with E-state index in [0.717, 1.165) is 0 Å². The van der Waals surface area contributed by atoms with Gasteiger partial charge in [0.25, 0.3) is 11.6 Å². The first-order chi connectivity index (χ1) is 10.9. The molecule has 0 bridgehead atoms. The van der Waals surface area contributed by atoms with E-state index in [-0.39, 0.29) is 22.4 Å². The fraction of sp³-hybridized carbons (Fsp3) is 0.188. The number of hydrogen-bond acceptors (Lipinski definition) is 4. The number of amides is 1. The summed E-state index contributed by atoms with van der Waals surface area (Å²) < 4.78 is 5.74. The number of nitro benzene ring substituents is 1. The summed E-state index contributed by atoms with van der Waals surface area (Å²) in [6, 6.07) is 12.8. The third kappa shape index (κ3) is 3.98. The van der Waals surface area contributed by atoms with Gasteiger partial charge in [0.15, 0.2) is 0 Å². The number of carbonyl (C=O) groups is 1. The average Bonchev–Trinajstić information content (AvgIpc) is 2.53. The van der Waals surface area contributed by atoms with E-state index in [0.29, 0.717) is 5.56 Å². The lowest BCUT2D eigenvalue weighted by Gasteiger charge is -2.22. The van der Waals surface area contributed by atoms with Gasteiger partial charge >= 0.3 is 0 Å². The minimum absolute atomic E-state index is 0.0756. The van der Waals surface area contributed by atoms with E-state index in [9.17, 15) is 14.9 Å². The van der Waals surface area contributed by atoms with E-state index < -0.39 is 11.0 Å². The first-order valence-electron chi connectivity index (χ1n) is 6.77. The predicted octanol–water partition coefficient (Wildman–Crippen LogP) is 3.46. The summed E-state index contributed by atoms with van der Waals surface area (Å²) >= 11 is 6.03. The molecule has 2 aromatic carbocycles. The topological polar surface area (TPSA) is 72.7 Å². The van der Waals surface area contributed by atoms with Gasteiger partial charge in [-0.15, -0.1) is 0 Å². The molecule has 0 unspecified atom stereocenters. The number of likely N-dealkylation sites (N-methyl/N-ethyl adjacent to an activating group) is 1. The molecule has 0 heterocycles. The molecule has 0 spiro atoms. The number of ether oxygens (including phenoxy) is 1. The number of halogens is 1. The maximum Gasteiger partial charge on any atom is 0.271 e. The maximum atomic E-state index is 12.4. The zero-order valence-electron chi connectivity index (χ0n) is 12.6. The number of rotatable bonds is 5. The molecule has 0 aromatic heterocycles. The monoisotopic (exact) mass is 334 g/mol. The molecule has 0 saturated carbocycles. The smallest absolute Gasteiger partial charge is 0.271 e. The number of nitrogens with zero attached hydrogens (tertiary/aromatic N) is 2. The summed E-state index contributed by atoms with van der Waals surface area (Å²) in [6.45, 7) is 0. The normalized spacial score (nSPS) is 11.6. The van der Waals surface area contributed by atoms with E-state index >= 15 is 0 Å². The van der Waals surface area contributed by atoms with Gasteiger partial charge in [-0.25, -0.2) is 0 Å². The van der Waals surface area contributed by atoms with Gasteiger partial charge in [0.05, 0.1) is 9.95 Å². The van der Waals surface area contributed by atoms with Crippen molar-refractivity contribution in [2.24, 2.45) is 0 Å². The van der Waals surface area contributed by atoms with Crippen LogP contribution in [0, 0.1) is 10.1 Å². The molecular weight excluding hydrogens is 320 g/mol. The van der Waals surface area contributed by atoms with Crippen molar-refractivity contribution in [3.05, 3.63) is 69.2 Å². The Hall–Kier alpha value is -2.60. The number of benzene rings is 2. The Morgan fingerprint density at radius 1 is 1.22 bits per heavy atom. The number of carbonyl (C=O) groups excluding carboxylic acids is 1. The van der Waals surface area contributed by atoms with Crippen LogP contribution in [0.15, 0.2) is 48.5 Å². The minimum atomic E-state index is -0.884. The zero-order valence-corrected chi connectivity index (χ0v) is 13.4. The molecule has 0 aliphatic carbocycles. The van der Waals surface area contributed by atoms with Crippen LogP contribution in [0.3, 0.4) is 0 Å². The van der Waals surface area contributed by atoms with Gasteiger partial charge < -0.3 is 9.64 Å². The molecule has 1 amide bonds. The molecule has 1 atom stereocenters. The van der Waals surface area contributed by atoms with Crippen molar-refractivity contribution in [3.8, 4) is 5.75 Å². The second-order valence-corrected chi connectivity index (χ2v) is 5.42. The van der Waals surface area contributed by atoms with Gasteiger partial charge in [-0.3, -0.25) is 14.9 Å². The zero-order chi connectivity index (χ0) is 17.0. The first-order valence-corrected chi connectivity index (χ1v) is 7.14. The van der Waals surface area contributed by atoms with Crippen LogP contribution < -0.4 is 4.74 Å². The largest absolute Gasteiger partial charge is 0.474 e. The second kappa shape index (κ2) is 7.11. The first kappa shape index (κ1) is 16.8. The summed E-state index contributed by atoms with van der Waals surface area (Å²) in [5.74, 6) is -0.0491. The molecular formula is C16H15ClN2O4. The molecule has 120 valence electrons. The third-order valence-corrected chi connectivity index (χ3v) is 3.43. The molecule has 0 N–H and O–H groups in total. The molecule has 0 aliphatic heterocycles. The molecule has 2 aromatic rings. The van der Waals surface area contributed by atoms with E-state index in [1.54, 1.807) is 38.4 Å². The third-order valence-electron chi connectivity index (χ3n) is 3.14. The van der Waals surface area contributed by atoms with Crippen molar-refractivity contribution >= 4 is 23.2 Å². The molecule has 0 fully saturated rings. The quantitative estimate of drug-likeness (QED) is 0.620. The number of non-ortho nitro benzene ring substituents is 1. The van der Waals surface area contributed by atoms with E-state index in [1.165, 1.54) is 23.1 Å². The predicted molar refractivity (Wildman–Crippen MR) is 86.6 cm³/mol. The highest BCUT2D eigenvalue weighted by Crippen LogP contribution is 2.32. The van der Waals surface area contributed by atoms with E-state index in [4.69, 9.17) is 16.3 Å². The van der Waals surface area contributed by atoms with Crippen LogP contribution in [0.5, 0.6) is 5.75 Å². The van der Waals surface area contributed by atoms with Crippen LogP contribution in [0.1, 0.15) is 11.7 Å². The maximum absolute atomic E-state index is 12.4. The van der Waals surface area contributed by atoms with Crippen LogP contribution in [-0.2, 0) is 4.79 Å². The SMILES string of the molecule is CN(C)C(=O)[C@@H](Oc1ccc([N+](=O)[O-])cc1Cl)c1ccccc1. The summed E-state index contributed by atoms with van der Waals surface area (Å²) in [6.07, 6.45) is -0.884. The van der Waals surface area contributed by atoms with Gasteiger partial charge in [-0.05, 0) is 6.07 Å². The Balaban J connectivity index is 2.35. The number of hydrogen-bond donors (Lipinski definition) is 0. The standard InChI is InChI=1S/C16H15ClN2O4/c1-18(2)16(20)15(11-6-4-3-5-7-11)23-14-9-8-12(19(21)22)10-13(14)17/h3-10,15H,1-2H3/t15-/m0/s1. The molecule has 0 aliphatic rings. The minimum Gasteiger partial charge on any atom is -0.474 e. The summed E-state index contributed by atoms with van der Waals surface area (Å²) in [4.78, 5) is 24.0. The van der Waals surface area contributed by atoms with Crippen LogP contribution in [0.4, 0.5) is 5.69 Å². The fourth-order valence-corrected chi connectivity index (χ4v) is 2.17. The lowest BCUT2D eigenvalue weighted by molar-refractivity contribution is -0.384. The molecule has 0 radical (unpaired) electrons. The van der Waals surface area contributed by atoms with Gasteiger partial charge in [0, 0.05) is 31.8 Å². The Morgan fingerprint density at radius 2 is 1.87 bits per heavy atom. The summed E-state index contributed by atoms with van der Waals surface area (Å²) in [5.41, 5.74) is 0.526. The molecule has 6 nitrogen and oxygen atoms in total. The van der Waals surface area contributed by atoms with Gasteiger partial charge in [0.1, 0.15) is 5.75 Å². The van der Waals surface area contributed by atoms with Crippen molar-refractivity contribution in [2.45, 2.75) is 6.10 Å². The Labute approximate surface area is 138 Å². The highest BCUT2D eigenvalue weighted by molar-refractivity contribution is 6.32. The van der Waals surface area contributed by atoms with Crippen molar-refractivity contribution in [2.75, 3.05) is 14.1 Å². The Bertz CT molecular complexity index is 719. The van der Waals surface area contributed by atoms with Crippen LogP contribution in [0.25, 0.3) is 0 Å². The average molecular weight is 335 g/mol. The Kier molecular flexibility index (Phi) is 5.18. The van der Waals surface area contributed by atoms with Crippen LogP contribution in [-0.4, -0.2) is 29.8 Å². The number of nitro groups is 1. The van der Waals surface area contributed by atoms with Crippen molar-refractivity contribution < 1.29 is 14.5 Å². The summed E-state index contributed by atoms with van der Waals surface area (Å²) in [7, 11) is 3.25. The molecule has 0 saturated heterocycles. The highest BCUT2D eigenvalue weighted by atomic mass is 35.5. The van der Waals surface area contributed by atoms with Crippen LogP contribution in [0.2, 0.25) is 5.02 Å². The van der Waals surface area contributed by atoms with Gasteiger partial charge in [0.2, 0.25) is 6.10 Å². The lowest BCUT2D eigenvalue weighted by atomic mass is 10.1. The van der Waals surface area contributed by atoms with E-state index in [2.05, 4.69) is 0 Å². The van der Waals surface area contributed by atoms with Gasteiger partial charge in [-0.2, -0.15) is 0 Å². The Morgan fingerprint density at radius 3 is 2.39 bits per heavy atom. The lowest BCUT2D eigenvalue weighted by Crippen LogP contribution is -2.31. The van der Waals surface area contributed by atoms with Crippen molar-refractivity contribution in [1.29, 1.82) is 0 Å². The van der Waals surface area contributed by atoms with E-state index in [1.807, 2.05) is 6.07 Å². The fourth-order valence-electron chi connectivity index (χ4n) is 1.95. The van der Waals surface area contributed by atoms with Crippen molar-refractivity contribution in [3.63, 3.8) is 0 Å². The second-order valence-electron chi connectivity index (χ2n) is 5.01. The molecule has 2 rings (SSSR count). The molecule has 23 heavy (non-hydrogen) atoms. The highest BCUT2D eigenvalue weighted by Gasteiger charge is 2.25.